The summed E-state index contributed by atoms with van der Waals surface area (Å²) in [5, 5.41) is 2.97. The van der Waals surface area contributed by atoms with Gasteiger partial charge in [-0.15, -0.1) is 0 Å². The van der Waals surface area contributed by atoms with Crippen molar-refractivity contribution in [3.8, 4) is 0 Å². The lowest BCUT2D eigenvalue weighted by molar-refractivity contribution is 0.0927. The molecule has 5 nitrogen and oxygen atoms in total. The standard InChI is InChI=1S/C19H21FN2O3S/c20-15-7-5-10-17(13-15)22-26(24,25)18-11-4-6-14(12-18)19(23)21-16-8-2-1-3-9-16/h4-7,10-13,16,22H,1-3,8-9H2,(H,21,23). The topological polar surface area (TPSA) is 75.3 Å². The van der Waals surface area contributed by atoms with Gasteiger partial charge in [-0.2, -0.15) is 0 Å². The predicted octanol–water partition coefficient (Wildman–Crippen LogP) is 3.69. The maximum Gasteiger partial charge on any atom is 0.261 e. The highest BCUT2D eigenvalue weighted by Crippen LogP contribution is 2.20. The number of hydrogen-bond donors (Lipinski definition) is 2. The Morgan fingerprint density at radius 2 is 1.73 bits per heavy atom. The number of rotatable bonds is 5. The highest BCUT2D eigenvalue weighted by molar-refractivity contribution is 7.92. The van der Waals surface area contributed by atoms with E-state index in [2.05, 4.69) is 10.0 Å². The first kappa shape index (κ1) is 18.4. The van der Waals surface area contributed by atoms with Crippen LogP contribution in [0.2, 0.25) is 0 Å². The molecule has 0 bridgehead atoms. The van der Waals surface area contributed by atoms with E-state index < -0.39 is 15.8 Å². The van der Waals surface area contributed by atoms with E-state index in [1.54, 1.807) is 6.07 Å². The van der Waals surface area contributed by atoms with Gasteiger partial charge in [0.2, 0.25) is 0 Å². The second-order valence-electron chi connectivity index (χ2n) is 6.45. The number of amides is 1. The van der Waals surface area contributed by atoms with Gasteiger partial charge in [0.05, 0.1) is 10.6 Å². The van der Waals surface area contributed by atoms with Crippen molar-refractivity contribution < 1.29 is 17.6 Å². The fraction of sp³-hybridized carbons (Fsp3) is 0.316. The monoisotopic (exact) mass is 376 g/mol. The van der Waals surface area contributed by atoms with Crippen molar-refractivity contribution in [3.63, 3.8) is 0 Å². The van der Waals surface area contributed by atoms with Gasteiger partial charge in [0.1, 0.15) is 5.82 Å². The number of benzene rings is 2. The number of carbonyl (C=O) groups excluding carboxylic acids is 1. The van der Waals surface area contributed by atoms with Crippen LogP contribution >= 0.6 is 0 Å². The van der Waals surface area contributed by atoms with Gasteiger partial charge in [-0.25, -0.2) is 12.8 Å². The van der Waals surface area contributed by atoms with Crippen LogP contribution in [0.4, 0.5) is 10.1 Å². The molecular formula is C19H21FN2O3S. The van der Waals surface area contributed by atoms with Crippen LogP contribution in [0.3, 0.4) is 0 Å². The largest absolute Gasteiger partial charge is 0.349 e. The summed E-state index contributed by atoms with van der Waals surface area (Å²) < 4.78 is 40.6. The van der Waals surface area contributed by atoms with Gasteiger partial charge >= 0.3 is 0 Å². The molecule has 3 rings (SSSR count). The zero-order valence-corrected chi connectivity index (χ0v) is 15.1. The molecule has 0 unspecified atom stereocenters. The molecule has 138 valence electrons. The Bertz CT molecular complexity index is 893. The average Bonchev–Trinajstić information content (AvgIpc) is 2.62. The van der Waals surface area contributed by atoms with E-state index in [0.29, 0.717) is 0 Å². The highest BCUT2D eigenvalue weighted by Gasteiger charge is 2.19. The molecule has 1 aliphatic carbocycles. The lowest BCUT2D eigenvalue weighted by Crippen LogP contribution is -2.36. The fourth-order valence-corrected chi connectivity index (χ4v) is 4.18. The third kappa shape index (κ3) is 4.60. The Hall–Kier alpha value is -2.41. The maximum atomic E-state index is 13.2. The van der Waals surface area contributed by atoms with Gasteiger partial charge in [0.15, 0.2) is 0 Å². The van der Waals surface area contributed by atoms with Crippen molar-refractivity contribution in [2.24, 2.45) is 0 Å². The Morgan fingerprint density at radius 3 is 2.46 bits per heavy atom. The van der Waals surface area contributed by atoms with Crippen LogP contribution in [-0.2, 0) is 10.0 Å². The zero-order valence-electron chi connectivity index (χ0n) is 14.2. The van der Waals surface area contributed by atoms with Gasteiger partial charge in [-0.1, -0.05) is 31.4 Å². The molecular weight excluding hydrogens is 355 g/mol. The van der Waals surface area contributed by atoms with Gasteiger partial charge in [-0.3, -0.25) is 9.52 Å². The molecule has 0 aliphatic heterocycles. The molecule has 1 amide bonds. The number of carbonyl (C=O) groups is 1. The molecule has 2 N–H and O–H groups in total. The molecule has 0 radical (unpaired) electrons. The molecule has 2 aromatic carbocycles. The van der Waals surface area contributed by atoms with Crippen molar-refractivity contribution >= 4 is 21.6 Å². The molecule has 1 fully saturated rings. The number of anilines is 1. The van der Waals surface area contributed by atoms with E-state index in [9.17, 15) is 17.6 Å². The van der Waals surface area contributed by atoms with Crippen molar-refractivity contribution in [1.82, 2.24) is 5.32 Å². The quantitative estimate of drug-likeness (QED) is 0.836. The second-order valence-corrected chi connectivity index (χ2v) is 8.13. The molecule has 0 aromatic heterocycles. The zero-order chi connectivity index (χ0) is 18.6. The van der Waals surface area contributed by atoms with Crippen LogP contribution < -0.4 is 10.0 Å². The molecule has 0 saturated heterocycles. The Balaban J connectivity index is 1.76. The summed E-state index contributed by atoms with van der Waals surface area (Å²) in [5.74, 6) is -0.814. The summed E-state index contributed by atoms with van der Waals surface area (Å²) in [4.78, 5) is 12.4. The Labute approximate surface area is 152 Å². The van der Waals surface area contributed by atoms with E-state index in [1.165, 1.54) is 42.8 Å². The molecule has 0 heterocycles. The highest BCUT2D eigenvalue weighted by atomic mass is 32.2. The van der Waals surface area contributed by atoms with Crippen molar-refractivity contribution in [2.45, 2.75) is 43.0 Å². The lowest BCUT2D eigenvalue weighted by Gasteiger charge is -2.22. The predicted molar refractivity (Wildman–Crippen MR) is 98.0 cm³/mol. The molecule has 1 saturated carbocycles. The normalized spacial score (nSPS) is 15.4. The van der Waals surface area contributed by atoms with Crippen molar-refractivity contribution in [3.05, 3.63) is 59.9 Å². The van der Waals surface area contributed by atoms with E-state index in [-0.39, 0.29) is 28.1 Å². The molecule has 2 aromatic rings. The van der Waals surface area contributed by atoms with E-state index in [0.717, 1.165) is 31.7 Å². The number of halogens is 1. The van der Waals surface area contributed by atoms with E-state index in [4.69, 9.17) is 0 Å². The summed E-state index contributed by atoms with van der Waals surface area (Å²) >= 11 is 0. The van der Waals surface area contributed by atoms with Gasteiger partial charge < -0.3 is 5.32 Å². The summed E-state index contributed by atoms with van der Waals surface area (Å²) in [6.07, 6.45) is 5.27. The smallest absolute Gasteiger partial charge is 0.261 e. The minimum Gasteiger partial charge on any atom is -0.349 e. The minimum atomic E-state index is -3.92. The minimum absolute atomic E-state index is 0.0435. The number of hydrogen-bond acceptors (Lipinski definition) is 3. The summed E-state index contributed by atoms with van der Waals surface area (Å²) in [7, 11) is -3.92. The van der Waals surface area contributed by atoms with Crippen molar-refractivity contribution in [1.29, 1.82) is 0 Å². The van der Waals surface area contributed by atoms with Crippen molar-refractivity contribution in [2.75, 3.05) is 4.72 Å². The van der Waals surface area contributed by atoms with Crippen LogP contribution in [-0.4, -0.2) is 20.4 Å². The Morgan fingerprint density at radius 1 is 1.00 bits per heavy atom. The molecule has 0 atom stereocenters. The lowest BCUT2D eigenvalue weighted by atomic mass is 9.95. The molecule has 7 heteroatoms. The van der Waals surface area contributed by atoms with Crippen LogP contribution in [0.5, 0.6) is 0 Å². The van der Waals surface area contributed by atoms with Crippen LogP contribution in [0.15, 0.2) is 53.4 Å². The average molecular weight is 376 g/mol. The third-order valence-corrected chi connectivity index (χ3v) is 5.80. The van der Waals surface area contributed by atoms with Crippen LogP contribution in [0.1, 0.15) is 42.5 Å². The summed E-state index contributed by atoms with van der Waals surface area (Å²) in [6, 6.07) is 11.2. The first-order valence-electron chi connectivity index (χ1n) is 8.63. The number of nitrogens with one attached hydrogen (secondary N) is 2. The molecule has 26 heavy (non-hydrogen) atoms. The number of sulfonamides is 1. The molecule has 0 spiro atoms. The van der Waals surface area contributed by atoms with E-state index in [1.807, 2.05) is 0 Å². The third-order valence-electron chi connectivity index (χ3n) is 4.42. The SMILES string of the molecule is O=C(NC1CCCCC1)c1cccc(S(=O)(=O)Nc2cccc(F)c2)c1. The van der Waals surface area contributed by atoms with E-state index >= 15 is 0 Å². The fourth-order valence-electron chi connectivity index (χ4n) is 3.09. The second kappa shape index (κ2) is 7.86. The van der Waals surface area contributed by atoms with Gasteiger partial charge in [0, 0.05) is 11.6 Å². The molecule has 1 aliphatic rings. The Kier molecular flexibility index (Phi) is 5.56. The van der Waals surface area contributed by atoms with Crippen LogP contribution in [0, 0.1) is 5.82 Å². The van der Waals surface area contributed by atoms with Gasteiger partial charge in [-0.05, 0) is 49.2 Å². The van der Waals surface area contributed by atoms with Crippen LogP contribution in [0.25, 0.3) is 0 Å². The maximum absolute atomic E-state index is 13.2. The first-order valence-corrected chi connectivity index (χ1v) is 10.1. The van der Waals surface area contributed by atoms with Gasteiger partial charge in [0.25, 0.3) is 15.9 Å². The summed E-state index contributed by atoms with van der Waals surface area (Å²) in [5.41, 5.74) is 0.416. The first-order chi connectivity index (χ1) is 12.4. The summed E-state index contributed by atoms with van der Waals surface area (Å²) in [6.45, 7) is 0.